The minimum Gasteiger partial charge on any atom is -0.184 e. The summed E-state index contributed by atoms with van der Waals surface area (Å²) in [6, 6.07) is 30.7. The zero-order valence-electron chi connectivity index (χ0n) is 23.6. The predicted octanol–water partition coefficient (Wildman–Crippen LogP) is 9.50. The van der Waals surface area contributed by atoms with Gasteiger partial charge in [0.2, 0.25) is 0 Å². The van der Waals surface area contributed by atoms with Crippen LogP contribution in [0, 0.1) is 31.1 Å². The van der Waals surface area contributed by atoms with Gasteiger partial charge in [-0.2, -0.15) is 83.9 Å². The number of hydrogen-bond acceptors (Lipinski definition) is 1. The Morgan fingerprint density at radius 3 is 1.38 bits per heavy atom. The molecule has 1 unspecified atom stereocenters. The van der Waals surface area contributed by atoms with E-state index < -0.39 is 0 Å². The molecular weight excluding hydrogens is 531 g/mol. The largest absolute Gasteiger partial charge is 0.184 e. The van der Waals surface area contributed by atoms with Gasteiger partial charge in [-0.05, 0) is 35.6 Å². The van der Waals surface area contributed by atoms with E-state index in [1.807, 2.05) is 73.7 Å². The average molecular weight is 574 g/mol. The van der Waals surface area contributed by atoms with Crippen molar-refractivity contribution < 1.29 is 25.1 Å². The third-order valence-electron chi connectivity index (χ3n) is 5.38. The summed E-state index contributed by atoms with van der Waals surface area (Å²) in [5.41, 5.74) is 6.65. The Hall–Kier alpha value is -1.90. The average Bonchev–Trinajstić information content (AvgIpc) is 3.08. The van der Waals surface area contributed by atoms with Crippen LogP contribution in [0.4, 0.5) is 0 Å². The second-order valence-electron chi connectivity index (χ2n) is 9.26. The van der Waals surface area contributed by atoms with Gasteiger partial charge >= 0.3 is 24.8 Å². The van der Waals surface area contributed by atoms with Crippen molar-refractivity contribution >= 4 is 29.6 Å². The smallest absolute Gasteiger partial charge is 0.171 e. The quantitative estimate of drug-likeness (QED) is 0.210. The molecule has 0 aromatic heterocycles. The fourth-order valence-electron chi connectivity index (χ4n) is 3.04. The molecule has 0 radical (unpaired) electrons. The number of halogens is 2. The van der Waals surface area contributed by atoms with E-state index in [0.29, 0.717) is 11.7 Å². The second-order valence-corrected chi connectivity index (χ2v) is 9.26. The topological polar surface area (TPSA) is 20.2 Å². The maximum absolute atomic E-state index is 9.36. The first kappa shape index (κ1) is 39.6. The number of rotatable bonds is 0. The Bertz CT molecular complexity index is 918. The van der Waals surface area contributed by atoms with Crippen LogP contribution in [-0.2, 0) is 25.4 Å². The number of allylic oxidation sites excluding steroid dienone is 4. The van der Waals surface area contributed by atoms with Crippen molar-refractivity contribution in [2.24, 2.45) is 5.92 Å². The molecule has 37 heavy (non-hydrogen) atoms. The van der Waals surface area contributed by atoms with Crippen LogP contribution >= 0.6 is 24.8 Å². The molecular formula is C33H43Cl2OTi-3. The van der Waals surface area contributed by atoms with Gasteiger partial charge in [-0.15, -0.1) is 31.7 Å². The summed E-state index contributed by atoms with van der Waals surface area (Å²) in [7, 11) is 0. The molecule has 0 saturated carbocycles. The standard InChI is InChI=1S/C11H16O.C9H13.2C6H5.CH2.2ClH.Ti/c1-8-5-9(11(2,3)4)7-10(12)6-8;1-6-5-7(2)9(4)8(6)3;2*1-2-4-6-5-3-1;;;;/h5-7,12H,1-4H3;6H,1-4H3;2*1-5H;1H2;2*1H;/q;3*-1;;;;. The Labute approximate surface area is 250 Å². The molecule has 1 aliphatic carbocycles. The van der Waals surface area contributed by atoms with Crippen molar-refractivity contribution in [1.82, 2.24) is 0 Å². The normalized spacial score (nSPS) is 13.1. The van der Waals surface area contributed by atoms with Crippen molar-refractivity contribution in [2.45, 2.75) is 60.8 Å². The summed E-state index contributed by atoms with van der Waals surface area (Å²) in [5.74, 6) is 0.921. The van der Waals surface area contributed by atoms with Gasteiger partial charge in [-0.1, -0.05) is 53.5 Å². The van der Waals surface area contributed by atoms with Gasteiger partial charge < -0.3 is 5.11 Å². The minimum atomic E-state index is 0. The van der Waals surface area contributed by atoms with Gasteiger partial charge in [0, 0.05) is 0 Å². The molecule has 1 aliphatic rings. The molecule has 0 bridgehead atoms. The van der Waals surface area contributed by atoms with Gasteiger partial charge in [0.25, 0.3) is 0 Å². The van der Waals surface area contributed by atoms with E-state index in [4.69, 9.17) is 0 Å². The van der Waals surface area contributed by atoms with Gasteiger partial charge in [-0.25, -0.2) is 5.57 Å². The van der Waals surface area contributed by atoms with Crippen molar-refractivity contribution in [3.63, 3.8) is 0 Å². The van der Waals surface area contributed by atoms with Crippen LogP contribution < -0.4 is 0 Å². The molecule has 0 heterocycles. The molecule has 0 fully saturated rings. The zero-order valence-corrected chi connectivity index (χ0v) is 26.7. The van der Waals surface area contributed by atoms with Crippen LogP contribution in [0.25, 0.3) is 0 Å². The van der Waals surface area contributed by atoms with Crippen molar-refractivity contribution in [1.29, 1.82) is 0 Å². The van der Waals surface area contributed by atoms with Crippen molar-refractivity contribution in [2.75, 3.05) is 0 Å². The number of aromatic hydroxyl groups is 1. The van der Waals surface area contributed by atoms with Gasteiger partial charge in [0.15, 0.2) is 0 Å². The predicted molar refractivity (Wildman–Crippen MR) is 164 cm³/mol. The summed E-state index contributed by atoms with van der Waals surface area (Å²) in [4.78, 5) is 3.25. The van der Waals surface area contributed by atoms with E-state index in [2.05, 4.69) is 77.6 Å². The number of phenolic OH excluding ortho intramolecular Hbond substituents is 1. The van der Waals surface area contributed by atoms with Crippen LogP contribution in [0.2, 0.25) is 0 Å². The first-order chi connectivity index (χ1) is 16.5. The van der Waals surface area contributed by atoms with E-state index in [0.717, 1.165) is 5.56 Å². The molecule has 3 aromatic rings. The monoisotopic (exact) mass is 573 g/mol. The third kappa shape index (κ3) is 18.1. The van der Waals surface area contributed by atoms with Crippen LogP contribution in [-0.4, -0.2) is 9.92 Å². The summed E-state index contributed by atoms with van der Waals surface area (Å²) < 4.78 is 0. The van der Waals surface area contributed by atoms with Crippen LogP contribution in [0.15, 0.2) is 95.6 Å². The number of aryl methyl sites for hydroxylation is 1. The summed E-state index contributed by atoms with van der Waals surface area (Å²) in [6.07, 6.45) is 3.36. The Balaban J connectivity index is -0.000000414. The minimum absolute atomic E-state index is 0. The Kier molecular flexibility index (Phi) is 23.7. The SMILES string of the molecule is CC1=[C-]C(C)C(C)=C1C.Cc1cc(O)cc(C(C)(C)C)c1.Cl.Cl.[CH2]=[Ti].[c-]1ccccc1.[c-]1ccccc1. The fourth-order valence-corrected chi connectivity index (χ4v) is 3.04. The molecule has 1 atom stereocenters. The van der Waals surface area contributed by atoms with Gasteiger partial charge in [0.1, 0.15) is 5.75 Å². The molecule has 0 amide bonds. The molecule has 4 rings (SSSR count). The van der Waals surface area contributed by atoms with Gasteiger partial charge in [0.05, 0.1) is 0 Å². The molecule has 0 aliphatic heterocycles. The van der Waals surface area contributed by atoms with Crippen molar-refractivity contribution in [3.05, 3.63) is 125 Å². The second kappa shape index (κ2) is 22.1. The zero-order chi connectivity index (χ0) is 26.9. The Morgan fingerprint density at radius 1 is 0.757 bits per heavy atom. The van der Waals surface area contributed by atoms with E-state index in [1.54, 1.807) is 26.0 Å². The van der Waals surface area contributed by atoms with Crippen LogP contribution in [0.5, 0.6) is 5.75 Å². The van der Waals surface area contributed by atoms with E-state index in [9.17, 15) is 5.11 Å². The van der Waals surface area contributed by atoms with E-state index in [1.165, 1.54) is 22.3 Å². The fraction of sp³-hybridized carbons (Fsp3) is 0.303. The molecule has 0 saturated heterocycles. The molecule has 4 heteroatoms. The first-order valence-corrected chi connectivity index (χ1v) is 12.9. The number of phenols is 1. The number of benzene rings is 3. The van der Waals surface area contributed by atoms with Crippen molar-refractivity contribution in [3.8, 4) is 5.75 Å². The first-order valence-electron chi connectivity index (χ1n) is 11.8. The molecule has 0 spiro atoms. The maximum atomic E-state index is 9.36. The van der Waals surface area contributed by atoms with Crippen LogP contribution in [0.1, 0.15) is 59.6 Å². The van der Waals surface area contributed by atoms with Gasteiger partial charge in [-0.3, -0.25) is 6.08 Å². The van der Waals surface area contributed by atoms with E-state index >= 15 is 0 Å². The third-order valence-corrected chi connectivity index (χ3v) is 5.38. The molecule has 202 valence electrons. The molecule has 1 nitrogen and oxygen atoms in total. The summed E-state index contributed by atoms with van der Waals surface area (Å²) in [6.45, 7) is 17.1. The summed E-state index contributed by atoms with van der Waals surface area (Å²) >= 11 is 1.75. The van der Waals surface area contributed by atoms with Crippen LogP contribution in [0.3, 0.4) is 0 Å². The summed E-state index contributed by atoms with van der Waals surface area (Å²) in [5, 5.41) is 9.36. The molecule has 3 aromatic carbocycles. The number of hydrogen-bond donors (Lipinski definition) is 1. The molecule has 1 N–H and O–H groups in total. The maximum Gasteiger partial charge on any atom is -0.171 e. The van der Waals surface area contributed by atoms with E-state index in [-0.39, 0.29) is 30.2 Å². The Morgan fingerprint density at radius 2 is 1.19 bits per heavy atom.